The van der Waals surface area contributed by atoms with Crippen LogP contribution in [-0.2, 0) is 16.1 Å². The highest BCUT2D eigenvalue weighted by Gasteiger charge is 2.56. The number of alkyl halides is 3. The van der Waals surface area contributed by atoms with Crippen molar-refractivity contribution in [3.63, 3.8) is 0 Å². The molecule has 0 radical (unpaired) electrons. The van der Waals surface area contributed by atoms with E-state index >= 15 is 0 Å². The third-order valence-corrected chi connectivity index (χ3v) is 5.91. The summed E-state index contributed by atoms with van der Waals surface area (Å²) in [6, 6.07) is 4.54. The molecule has 0 amide bonds. The Morgan fingerprint density at radius 3 is 2.70 bits per heavy atom. The van der Waals surface area contributed by atoms with Crippen LogP contribution in [-0.4, -0.2) is 48.0 Å². The smallest absolute Gasteiger partial charge is 0.380 e. The van der Waals surface area contributed by atoms with Crippen molar-refractivity contribution in [3.05, 3.63) is 40.6 Å². The SMILES string of the molecule is COCc1c(-c2ccccc2Cl)noc1C1C=NN(C2CC(C=O)C2)C1C(F)(F)F. The number of hydrazone groups is 1. The molecule has 1 aromatic carbocycles. The first-order valence-electron chi connectivity index (χ1n) is 9.41. The Morgan fingerprint density at radius 2 is 2.07 bits per heavy atom. The lowest BCUT2D eigenvalue weighted by atomic mass is 9.80. The van der Waals surface area contributed by atoms with Gasteiger partial charge >= 0.3 is 6.18 Å². The zero-order valence-corrected chi connectivity index (χ0v) is 16.7. The van der Waals surface area contributed by atoms with Crippen LogP contribution in [0.25, 0.3) is 11.3 Å². The molecule has 2 aliphatic rings. The number of aldehydes is 1. The van der Waals surface area contributed by atoms with E-state index in [1.165, 1.54) is 13.3 Å². The topological polar surface area (TPSA) is 67.9 Å². The molecule has 0 bridgehead atoms. The third kappa shape index (κ3) is 3.60. The molecule has 1 aromatic heterocycles. The van der Waals surface area contributed by atoms with E-state index in [1.54, 1.807) is 24.3 Å². The summed E-state index contributed by atoms with van der Waals surface area (Å²) in [7, 11) is 1.44. The monoisotopic (exact) mass is 441 g/mol. The van der Waals surface area contributed by atoms with E-state index in [0.717, 1.165) is 11.3 Å². The molecule has 4 rings (SSSR count). The summed E-state index contributed by atoms with van der Waals surface area (Å²) < 4.78 is 52.8. The van der Waals surface area contributed by atoms with Crippen molar-refractivity contribution in [2.24, 2.45) is 11.0 Å². The number of halogens is 4. The van der Waals surface area contributed by atoms with Gasteiger partial charge in [0.05, 0.1) is 17.5 Å². The van der Waals surface area contributed by atoms with Gasteiger partial charge in [-0.25, -0.2) is 0 Å². The first-order chi connectivity index (χ1) is 14.3. The largest absolute Gasteiger partial charge is 0.411 e. The van der Waals surface area contributed by atoms with Gasteiger partial charge in [0.1, 0.15) is 12.0 Å². The van der Waals surface area contributed by atoms with Crippen LogP contribution in [0, 0.1) is 5.92 Å². The molecule has 160 valence electrons. The van der Waals surface area contributed by atoms with Gasteiger partial charge in [0.15, 0.2) is 11.8 Å². The number of carbonyl (C=O) groups is 1. The standard InChI is InChI=1S/C20H19ClF3N3O3/c1-29-10-15-17(13-4-2-3-5-16(13)21)26-30-18(15)14-8-25-27(19(14)20(22,23)24)12-6-11(7-12)9-28/h2-5,8-9,11-12,14,19H,6-7,10H2,1H3. The van der Waals surface area contributed by atoms with E-state index in [1.807, 2.05) is 0 Å². The Morgan fingerprint density at radius 1 is 1.33 bits per heavy atom. The van der Waals surface area contributed by atoms with Gasteiger partial charge in [0.25, 0.3) is 0 Å². The van der Waals surface area contributed by atoms with Crippen molar-refractivity contribution in [2.75, 3.05) is 7.11 Å². The first-order valence-corrected chi connectivity index (χ1v) is 9.79. The van der Waals surface area contributed by atoms with Crippen molar-refractivity contribution in [3.8, 4) is 11.3 Å². The van der Waals surface area contributed by atoms with Crippen molar-refractivity contribution >= 4 is 24.1 Å². The lowest BCUT2D eigenvalue weighted by molar-refractivity contribution is -0.194. The molecule has 0 spiro atoms. The van der Waals surface area contributed by atoms with Gasteiger partial charge in [-0.3, -0.25) is 5.01 Å². The zero-order valence-electron chi connectivity index (χ0n) is 16.0. The van der Waals surface area contributed by atoms with Gasteiger partial charge in [-0.05, 0) is 18.9 Å². The van der Waals surface area contributed by atoms with Gasteiger partial charge < -0.3 is 14.1 Å². The Balaban J connectivity index is 1.71. The fourth-order valence-corrected chi connectivity index (χ4v) is 4.27. The van der Waals surface area contributed by atoms with Crippen molar-refractivity contribution in [1.82, 2.24) is 10.2 Å². The molecule has 1 aliphatic heterocycles. The predicted octanol–water partition coefficient (Wildman–Crippen LogP) is 4.43. The van der Waals surface area contributed by atoms with Crippen LogP contribution < -0.4 is 0 Å². The molecule has 1 fully saturated rings. The van der Waals surface area contributed by atoms with E-state index in [2.05, 4.69) is 10.3 Å². The number of aromatic nitrogens is 1. The van der Waals surface area contributed by atoms with Gasteiger partial charge in [0, 0.05) is 36.4 Å². The Hall–Kier alpha value is -2.39. The lowest BCUT2D eigenvalue weighted by Gasteiger charge is -2.42. The lowest BCUT2D eigenvalue weighted by Crippen LogP contribution is -2.52. The highest BCUT2D eigenvalue weighted by atomic mass is 35.5. The minimum atomic E-state index is -4.56. The number of carbonyl (C=O) groups excluding carboxylic acids is 1. The van der Waals surface area contributed by atoms with Crippen molar-refractivity contribution in [1.29, 1.82) is 0 Å². The minimum absolute atomic E-state index is 0.00491. The van der Waals surface area contributed by atoms with E-state index in [0.29, 0.717) is 34.7 Å². The second-order valence-corrected chi connectivity index (χ2v) is 7.87. The number of methoxy groups -OCH3 is 1. The van der Waals surface area contributed by atoms with E-state index in [4.69, 9.17) is 20.9 Å². The van der Waals surface area contributed by atoms with E-state index < -0.39 is 24.2 Å². The Labute approximate surface area is 175 Å². The molecular weight excluding hydrogens is 423 g/mol. The number of rotatable bonds is 6. The summed E-state index contributed by atoms with van der Waals surface area (Å²) in [5.74, 6) is -1.36. The quantitative estimate of drug-likeness (QED) is 0.620. The highest BCUT2D eigenvalue weighted by molar-refractivity contribution is 6.33. The van der Waals surface area contributed by atoms with Crippen molar-refractivity contribution < 1.29 is 27.2 Å². The number of hydrogen-bond acceptors (Lipinski definition) is 6. The highest BCUT2D eigenvalue weighted by Crippen LogP contribution is 2.45. The van der Waals surface area contributed by atoms with Gasteiger partial charge in [-0.15, -0.1) is 0 Å². The molecule has 0 N–H and O–H groups in total. The van der Waals surface area contributed by atoms with Crippen LogP contribution in [0.4, 0.5) is 13.2 Å². The van der Waals surface area contributed by atoms with Crippen LogP contribution in [0.5, 0.6) is 0 Å². The molecule has 6 nitrogen and oxygen atoms in total. The molecule has 30 heavy (non-hydrogen) atoms. The maximum atomic E-state index is 14.1. The first kappa shape index (κ1) is 20.9. The Bertz CT molecular complexity index is 956. The maximum Gasteiger partial charge on any atom is 0.411 e. The van der Waals surface area contributed by atoms with Crippen molar-refractivity contribution in [2.45, 2.75) is 43.6 Å². The van der Waals surface area contributed by atoms with Crippen LogP contribution in [0.3, 0.4) is 0 Å². The normalized spacial score (nSPS) is 26.1. The molecule has 10 heteroatoms. The van der Waals surface area contributed by atoms with E-state index in [-0.39, 0.29) is 18.3 Å². The third-order valence-electron chi connectivity index (χ3n) is 5.58. The van der Waals surface area contributed by atoms with E-state index in [9.17, 15) is 18.0 Å². The number of hydrogen-bond donors (Lipinski definition) is 0. The molecular formula is C20H19ClF3N3O3. The second kappa shape index (κ2) is 8.03. The molecule has 1 saturated carbocycles. The summed E-state index contributed by atoms with van der Waals surface area (Å²) in [5.41, 5.74) is 1.29. The van der Waals surface area contributed by atoms with Gasteiger partial charge in [-0.1, -0.05) is 35.0 Å². The molecule has 0 saturated heterocycles. The number of ether oxygens (including phenoxy) is 1. The number of benzene rings is 1. The fraction of sp³-hybridized carbons (Fsp3) is 0.450. The van der Waals surface area contributed by atoms with Gasteiger partial charge in [0.2, 0.25) is 0 Å². The van der Waals surface area contributed by atoms with Crippen LogP contribution in [0.2, 0.25) is 5.02 Å². The van der Waals surface area contributed by atoms with Gasteiger partial charge in [-0.2, -0.15) is 18.3 Å². The van der Waals surface area contributed by atoms with Crippen LogP contribution in [0.15, 0.2) is 33.9 Å². The number of nitrogens with zero attached hydrogens (tertiary/aromatic N) is 3. The summed E-state index contributed by atoms with van der Waals surface area (Å²) in [5, 5.41) is 9.53. The molecule has 2 aromatic rings. The average Bonchev–Trinajstić information content (AvgIpc) is 3.26. The van der Waals surface area contributed by atoms with Crippen LogP contribution in [0.1, 0.15) is 30.1 Å². The van der Waals surface area contributed by atoms with Crippen LogP contribution >= 0.6 is 11.6 Å². The summed E-state index contributed by atoms with van der Waals surface area (Å²) in [6.07, 6.45) is -1.84. The summed E-state index contributed by atoms with van der Waals surface area (Å²) in [4.78, 5) is 10.9. The summed E-state index contributed by atoms with van der Waals surface area (Å²) >= 11 is 6.25. The molecule has 2 unspecified atom stereocenters. The molecule has 1 aliphatic carbocycles. The minimum Gasteiger partial charge on any atom is -0.380 e. The summed E-state index contributed by atoms with van der Waals surface area (Å²) in [6.45, 7) is 0.00491. The predicted molar refractivity (Wildman–Crippen MR) is 103 cm³/mol. The fourth-order valence-electron chi connectivity index (χ4n) is 4.04. The Kier molecular flexibility index (Phi) is 5.59. The second-order valence-electron chi connectivity index (χ2n) is 7.47. The maximum absolute atomic E-state index is 14.1. The zero-order chi connectivity index (χ0) is 21.5. The average molecular weight is 442 g/mol. The molecule has 2 heterocycles. The molecule has 2 atom stereocenters.